The highest BCUT2D eigenvalue weighted by atomic mass is 32.1. The predicted octanol–water partition coefficient (Wildman–Crippen LogP) is 6.13. The topological polar surface area (TPSA) is 67.3 Å². The number of rotatable bonds is 5. The summed E-state index contributed by atoms with van der Waals surface area (Å²) in [7, 11) is 0. The largest absolute Gasteiger partial charge is 0.508 e. The fraction of sp³-hybridized carbons (Fsp3) is 0.217. The Balaban J connectivity index is 1.86. The molecule has 0 aliphatic rings. The first kappa shape index (κ1) is 19.2. The number of aryl methyl sites for hydroxylation is 3. The van der Waals surface area contributed by atoms with E-state index in [0.29, 0.717) is 6.61 Å². The lowest BCUT2D eigenvalue weighted by Crippen LogP contribution is -2.00. The van der Waals surface area contributed by atoms with E-state index in [-0.39, 0.29) is 5.75 Å². The molecule has 0 saturated carbocycles. The second-order valence-corrected chi connectivity index (χ2v) is 8.12. The molecular formula is C23H23N3O2S. The van der Waals surface area contributed by atoms with Gasteiger partial charge >= 0.3 is 0 Å². The summed E-state index contributed by atoms with van der Waals surface area (Å²) >= 11 is 1.67. The van der Waals surface area contributed by atoms with Crippen molar-refractivity contribution in [3.05, 3.63) is 58.7 Å². The minimum Gasteiger partial charge on any atom is -0.508 e. The van der Waals surface area contributed by atoms with Crippen molar-refractivity contribution in [2.24, 2.45) is 0 Å². The summed E-state index contributed by atoms with van der Waals surface area (Å²) in [6.07, 6.45) is 0. The van der Waals surface area contributed by atoms with Gasteiger partial charge in [0.05, 0.1) is 12.0 Å². The number of phenolic OH excluding ortho intramolecular Hbond substituents is 1. The Morgan fingerprint density at radius 3 is 2.48 bits per heavy atom. The summed E-state index contributed by atoms with van der Waals surface area (Å²) < 4.78 is 5.58. The van der Waals surface area contributed by atoms with Crippen LogP contribution in [0.3, 0.4) is 0 Å². The quantitative estimate of drug-likeness (QED) is 0.391. The van der Waals surface area contributed by atoms with E-state index in [1.807, 2.05) is 39.0 Å². The Morgan fingerprint density at radius 1 is 1.03 bits per heavy atom. The Hall–Kier alpha value is -3.12. The van der Waals surface area contributed by atoms with Crippen molar-refractivity contribution in [2.75, 3.05) is 11.9 Å². The van der Waals surface area contributed by atoms with Crippen molar-refractivity contribution in [3.8, 4) is 22.6 Å². The molecule has 4 rings (SSSR count). The minimum absolute atomic E-state index is 0.249. The van der Waals surface area contributed by atoms with Crippen LogP contribution in [0.4, 0.5) is 11.5 Å². The molecule has 0 radical (unpaired) electrons. The zero-order valence-corrected chi connectivity index (χ0v) is 17.7. The number of anilines is 2. The van der Waals surface area contributed by atoms with E-state index in [2.05, 4.69) is 29.4 Å². The van der Waals surface area contributed by atoms with Crippen molar-refractivity contribution in [3.63, 3.8) is 0 Å². The lowest BCUT2D eigenvalue weighted by molar-refractivity contribution is 0.340. The van der Waals surface area contributed by atoms with Gasteiger partial charge in [0.25, 0.3) is 0 Å². The van der Waals surface area contributed by atoms with Crippen LogP contribution in [-0.2, 0) is 0 Å². The molecule has 6 heteroatoms. The van der Waals surface area contributed by atoms with Crippen LogP contribution in [0.2, 0.25) is 0 Å². The highest BCUT2D eigenvalue weighted by Crippen LogP contribution is 2.42. The summed E-state index contributed by atoms with van der Waals surface area (Å²) in [6, 6.07) is 13.4. The van der Waals surface area contributed by atoms with Crippen molar-refractivity contribution in [1.29, 1.82) is 0 Å². The zero-order chi connectivity index (χ0) is 20.5. The maximum atomic E-state index is 9.71. The predicted molar refractivity (Wildman–Crippen MR) is 120 cm³/mol. The Kier molecular flexibility index (Phi) is 5.11. The third-order valence-corrected chi connectivity index (χ3v) is 5.76. The van der Waals surface area contributed by atoms with Gasteiger partial charge in [-0.1, -0.05) is 12.1 Å². The van der Waals surface area contributed by atoms with Gasteiger partial charge in [-0.2, -0.15) is 0 Å². The first-order valence-electron chi connectivity index (χ1n) is 9.54. The molecule has 0 atom stereocenters. The highest BCUT2D eigenvalue weighted by molar-refractivity contribution is 7.19. The van der Waals surface area contributed by atoms with Crippen molar-refractivity contribution >= 4 is 33.1 Å². The second-order valence-electron chi connectivity index (χ2n) is 6.91. The standard InChI is InChI=1S/C23H23N3O2S/c1-5-28-18-9-6-16(7-10-18)20-14(3)29-23-21(20)22(24-15(4)25-23)26-19-11-8-17(27)12-13(19)2/h6-12,27H,5H2,1-4H3,(H,24,25,26). The molecule has 0 fully saturated rings. The van der Waals surface area contributed by atoms with Gasteiger partial charge in [-0.25, -0.2) is 9.97 Å². The molecule has 2 N–H and O–H groups in total. The summed E-state index contributed by atoms with van der Waals surface area (Å²) in [5, 5.41) is 14.2. The number of thiophene rings is 1. The van der Waals surface area contributed by atoms with E-state index >= 15 is 0 Å². The summed E-state index contributed by atoms with van der Waals surface area (Å²) in [5.41, 5.74) is 4.09. The number of ether oxygens (including phenoxy) is 1. The van der Waals surface area contributed by atoms with Gasteiger partial charge in [0.1, 0.15) is 28.0 Å². The van der Waals surface area contributed by atoms with E-state index in [4.69, 9.17) is 9.72 Å². The molecule has 2 heterocycles. The van der Waals surface area contributed by atoms with Gasteiger partial charge < -0.3 is 15.2 Å². The van der Waals surface area contributed by atoms with E-state index in [1.165, 1.54) is 4.88 Å². The number of hydrogen-bond acceptors (Lipinski definition) is 6. The molecule has 4 aromatic rings. The van der Waals surface area contributed by atoms with E-state index < -0.39 is 0 Å². The van der Waals surface area contributed by atoms with E-state index in [1.54, 1.807) is 23.5 Å². The molecule has 0 aliphatic heterocycles. The molecule has 5 nitrogen and oxygen atoms in total. The molecule has 2 aromatic heterocycles. The third-order valence-electron chi connectivity index (χ3n) is 4.76. The van der Waals surface area contributed by atoms with Gasteiger partial charge in [-0.15, -0.1) is 11.3 Å². The lowest BCUT2D eigenvalue weighted by atomic mass is 10.0. The van der Waals surface area contributed by atoms with Gasteiger partial charge in [-0.3, -0.25) is 0 Å². The van der Waals surface area contributed by atoms with Crippen LogP contribution in [-0.4, -0.2) is 21.7 Å². The molecule has 0 spiro atoms. The Bertz CT molecular complexity index is 1180. The number of nitrogens with one attached hydrogen (secondary N) is 1. The second kappa shape index (κ2) is 7.72. The molecule has 29 heavy (non-hydrogen) atoms. The number of aromatic hydroxyl groups is 1. The maximum Gasteiger partial charge on any atom is 0.143 e. The first-order chi connectivity index (χ1) is 14.0. The molecular weight excluding hydrogens is 382 g/mol. The molecule has 2 aromatic carbocycles. The first-order valence-corrected chi connectivity index (χ1v) is 10.4. The summed E-state index contributed by atoms with van der Waals surface area (Å²) in [6.45, 7) is 8.60. The number of fused-ring (bicyclic) bond motifs is 1. The van der Waals surface area contributed by atoms with Crippen LogP contribution in [0.1, 0.15) is 23.2 Å². The number of phenols is 1. The van der Waals surface area contributed by atoms with Gasteiger partial charge in [0.2, 0.25) is 0 Å². The maximum absolute atomic E-state index is 9.71. The number of nitrogens with zero attached hydrogens (tertiary/aromatic N) is 2. The van der Waals surface area contributed by atoms with Crippen LogP contribution in [0.5, 0.6) is 11.5 Å². The van der Waals surface area contributed by atoms with Gasteiger partial charge in [0.15, 0.2) is 0 Å². The Morgan fingerprint density at radius 2 is 1.79 bits per heavy atom. The molecule has 148 valence electrons. The molecule has 0 aliphatic carbocycles. The molecule has 0 amide bonds. The highest BCUT2D eigenvalue weighted by Gasteiger charge is 2.18. The average molecular weight is 406 g/mol. The fourth-order valence-corrected chi connectivity index (χ4v) is 4.55. The van der Waals surface area contributed by atoms with Crippen LogP contribution in [0, 0.1) is 20.8 Å². The van der Waals surface area contributed by atoms with Crippen LogP contribution >= 0.6 is 11.3 Å². The lowest BCUT2D eigenvalue weighted by Gasteiger charge is -2.12. The van der Waals surface area contributed by atoms with Crippen LogP contribution < -0.4 is 10.1 Å². The molecule has 0 saturated heterocycles. The third kappa shape index (κ3) is 3.76. The number of aromatic nitrogens is 2. The number of benzene rings is 2. The summed E-state index contributed by atoms with van der Waals surface area (Å²) in [5.74, 6) is 2.60. The monoisotopic (exact) mass is 405 g/mol. The normalized spacial score (nSPS) is 11.0. The molecule has 0 bridgehead atoms. The fourth-order valence-electron chi connectivity index (χ4n) is 3.46. The van der Waals surface area contributed by atoms with E-state index in [9.17, 15) is 5.11 Å². The average Bonchev–Trinajstić information content (AvgIpc) is 3.00. The minimum atomic E-state index is 0.249. The SMILES string of the molecule is CCOc1ccc(-c2c(C)sc3nc(C)nc(Nc4ccc(O)cc4C)c23)cc1. The zero-order valence-electron chi connectivity index (χ0n) is 16.9. The number of hydrogen-bond donors (Lipinski definition) is 2. The van der Waals surface area contributed by atoms with Crippen LogP contribution in [0.25, 0.3) is 21.3 Å². The van der Waals surface area contributed by atoms with Gasteiger partial charge in [-0.05, 0) is 69.2 Å². The summed E-state index contributed by atoms with van der Waals surface area (Å²) in [4.78, 5) is 11.5. The van der Waals surface area contributed by atoms with E-state index in [0.717, 1.165) is 50.0 Å². The van der Waals surface area contributed by atoms with Gasteiger partial charge in [0, 0.05) is 16.1 Å². The van der Waals surface area contributed by atoms with Crippen LogP contribution in [0.15, 0.2) is 42.5 Å². The molecule has 0 unspecified atom stereocenters. The van der Waals surface area contributed by atoms with Crippen molar-refractivity contribution < 1.29 is 9.84 Å². The smallest absolute Gasteiger partial charge is 0.143 e. The Labute approximate surface area is 174 Å². The van der Waals surface area contributed by atoms with Crippen molar-refractivity contribution in [1.82, 2.24) is 9.97 Å². The van der Waals surface area contributed by atoms with Crippen molar-refractivity contribution in [2.45, 2.75) is 27.7 Å².